The lowest BCUT2D eigenvalue weighted by Gasteiger charge is -2.26. The summed E-state index contributed by atoms with van der Waals surface area (Å²) in [5.74, 6) is -0.968. The summed E-state index contributed by atoms with van der Waals surface area (Å²) in [6.07, 6.45) is 0. The number of carbonyl (C=O) groups is 2. The fourth-order valence-corrected chi connectivity index (χ4v) is 4.22. The van der Waals surface area contributed by atoms with Crippen molar-refractivity contribution in [3.63, 3.8) is 0 Å². The molecule has 3 N–H and O–H groups in total. The number of sulfonamides is 1. The Kier molecular flexibility index (Phi) is 7.03. The zero-order valence-corrected chi connectivity index (χ0v) is 17.4. The maximum Gasteiger partial charge on any atom is 0.269 e. The van der Waals surface area contributed by atoms with E-state index in [-0.39, 0.29) is 17.0 Å². The Balaban J connectivity index is 1.50. The van der Waals surface area contributed by atoms with Crippen molar-refractivity contribution >= 4 is 27.5 Å². The van der Waals surface area contributed by atoms with Crippen LogP contribution < -0.4 is 16.2 Å². The maximum atomic E-state index is 12.6. The Morgan fingerprint density at radius 2 is 1.60 bits per heavy atom. The van der Waals surface area contributed by atoms with E-state index in [0.29, 0.717) is 26.3 Å². The third kappa shape index (κ3) is 5.56. The molecule has 9 nitrogen and oxygen atoms in total. The van der Waals surface area contributed by atoms with Crippen LogP contribution in [0.3, 0.4) is 0 Å². The minimum Gasteiger partial charge on any atom is -0.379 e. The normalized spacial score (nSPS) is 14.7. The van der Waals surface area contributed by atoms with Crippen LogP contribution in [0.1, 0.15) is 15.9 Å². The molecule has 0 bridgehead atoms. The fraction of sp³-hybridized carbons (Fsp3) is 0.300. The van der Waals surface area contributed by atoms with Gasteiger partial charge in [0.2, 0.25) is 10.0 Å². The highest BCUT2D eigenvalue weighted by molar-refractivity contribution is 7.89. The number of ether oxygens (including phenoxy) is 1. The number of anilines is 1. The van der Waals surface area contributed by atoms with Gasteiger partial charge in [0.25, 0.3) is 11.8 Å². The van der Waals surface area contributed by atoms with Gasteiger partial charge < -0.3 is 10.1 Å². The Hall–Kier alpha value is -2.95. The molecule has 0 radical (unpaired) electrons. The summed E-state index contributed by atoms with van der Waals surface area (Å²) < 4.78 is 31.7. The summed E-state index contributed by atoms with van der Waals surface area (Å²) in [4.78, 5) is 24.2. The van der Waals surface area contributed by atoms with Gasteiger partial charge in [-0.15, -0.1) is 0 Å². The van der Waals surface area contributed by atoms with Gasteiger partial charge >= 0.3 is 0 Å². The molecule has 10 heteroatoms. The number of hydrazine groups is 1. The second kappa shape index (κ2) is 9.70. The summed E-state index contributed by atoms with van der Waals surface area (Å²) in [5, 5.41) is 2.95. The van der Waals surface area contributed by atoms with Gasteiger partial charge in [-0.25, -0.2) is 8.42 Å². The number of nitrogens with one attached hydrogen (secondary N) is 3. The summed E-state index contributed by atoms with van der Waals surface area (Å²) in [6, 6.07) is 13.1. The van der Waals surface area contributed by atoms with E-state index in [0.717, 1.165) is 11.3 Å². The maximum absolute atomic E-state index is 12.6. The van der Waals surface area contributed by atoms with Crippen LogP contribution in [-0.2, 0) is 19.6 Å². The van der Waals surface area contributed by atoms with Crippen molar-refractivity contribution in [1.29, 1.82) is 0 Å². The van der Waals surface area contributed by atoms with E-state index in [2.05, 4.69) is 16.2 Å². The van der Waals surface area contributed by atoms with Gasteiger partial charge in [-0.1, -0.05) is 17.7 Å². The highest BCUT2D eigenvalue weighted by atomic mass is 32.2. The van der Waals surface area contributed by atoms with Crippen molar-refractivity contribution in [2.24, 2.45) is 0 Å². The lowest BCUT2D eigenvalue weighted by molar-refractivity contribution is -0.120. The molecule has 0 saturated carbocycles. The van der Waals surface area contributed by atoms with E-state index in [4.69, 9.17) is 4.74 Å². The van der Waals surface area contributed by atoms with Crippen LogP contribution in [0.2, 0.25) is 0 Å². The first-order chi connectivity index (χ1) is 14.4. The van der Waals surface area contributed by atoms with Crippen molar-refractivity contribution in [2.75, 3.05) is 38.2 Å². The first-order valence-corrected chi connectivity index (χ1v) is 10.9. The van der Waals surface area contributed by atoms with E-state index in [1.54, 1.807) is 0 Å². The average Bonchev–Trinajstić information content (AvgIpc) is 2.77. The van der Waals surface area contributed by atoms with Crippen molar-refractivity contribution in [2.45, 2.75) is 11.8 Å². The first kappa shape index (κ1) is 21.8. The molecule has 0 aliphatic carbocycles. The highest BCUT2D eigenvalue weighted by Crippen LogP contribution is 2.17. The standard InChI is InChI=1S/C20H24N4O5S/c1-15-2-6-17(7-3-15)21-14-19(25)22-23-20(26)16-4-8-18(9-5-16)30(27,28)24-10-12-29-13-11-24/h2-9,21H,10-14H2,1H3,(H,22,25)(H,23,26). The third-order valence-corrected chi connectivity index (χ3v) is 6.46. The molecular formula is C20H24N4O5S. The SMILES string of the molecule is Cc1ccc(NCC(=O)NNC(=O)c2ccc(S(=O)(=O)N3CCOCC3)cc2)cc1. The number of aryl methyl sites for hydroxylation is 1. The predicted molar refractivity (Wildman–Crippen MR) is 111 cm³/mol. The number of morpholine rings is 1. The minimum atomic E-state index is -3.62. The molecule has 0 spiro atoms. The van der Waals surface area contributed by atoms with Gasteiger partial charge in [-0.05, 0) is 43.3 Å². The molecule has 2 aromatic carbocycles. The van der Waals surface area contributed by atoms with Gasteiger partial charge in [0.05, 0.1) is 24.7 Å². The number of nitrogens with zero attached hydrogens (tertiary/aromatic N) is 1. The smallest absolute Gasteiger partial charge is 0.269 e. The third-order valence-electron chi connectivity index (χ3n) is 4.54. The molecule has 1 fully saturated rings. The van der Waals surface area contributed by atoms with Crippen molar-refractivity contribution < 1.29 is 22.7 Å². The fourth-order valence-electron chi connectivity index (χ4n) is 2.81. The van der Waals surface area contributed by atoms with Crippen LogP contribution in [0.5, 0.6) is 0 Å². The molecule has 0 unspecified atom stereocenters. The number of benzene rings is 2. The number of rotatable bonds is 6. The van der Waals surface area contributed by atoms with E-state index in [1.807, 2.05) is 31.2 Å². The first-order valence-electron chi connectivity index (χ1n) is 9.44. The molecule has 2 aromatic rings. The van der Waals surface area contributed by atoms with E-state index < -0.39 is 21.8 Å². The molecule has 160 valence electrons. The Bertz CT molecular complexity index is 985. The lowest BCUT2D eigenvalue weighted by Crippen LogP contribution is -2.44. The van der Waals surface area contributed by atoms with Gasteiger partial charge in [-0.3, -0.25) is 20.4 Å². The van der Waals surface area contributed by atoms with Gasteiger partial charge in [-0.2, -0.15) is 4.31 Å². The van der Waals surface area contributed by atoms with Gasteiger partial charge in [0.15, 0.2) is 0 Å². The van der Waals surface area contributed by atoms with Crippen LogP contribution in [0.25, 0.3) is 0 Å². The van der Waals surface area contributed by atoms with Crippen molar-refractivity contribution in [3.05, 3.63) is 59.7 Å². The lowest BCUT2D eigenvalue weighted by atomic mass is 10.2. The van der Waals surface area contributed by atoms with Crippen molar-refractivity contribution in [3.8, 4) is 0 Å². The Labute approximate surface area is 175 Å². The van der Waals surface area contributed by atoms with Crippen LogP contribution in [0.15, 0.2) is 53.4 Å². The summed E-state index contributed by atoms with van der Waals surface area (Å²) in [6.45, 7) is 3.27. The Morgan fingerprint density at radius 1 is 0.967 bits per heavy atom. The number of carbonyl (C=O) groups excluding carboxylic acids is 2. The zero-order valence-electron chi connectivity index (χ0n) is 16.6. The average molecular weight is 433 g/mol. The van der Waals surface area contributed by atoms with E-state index in [1.165, 1.54) is 28.6 Å². The van der Waals surface area contributed by atoms with Crippen LogP contribution in [0, 0.1) is 6.92 Å². The molecular weight excluding hydrogens is 408 g/mol. The Morgan fingerprint density at radius 3 is 2.23 bits per heavy atom. The number of hydrogen-bond donors (Lipinski definition) is 3. The monoisotopic (exact) mass is 432 g/mol. The molecule has 30 heavy (non-hydrogen) atoms. The molecule has 0 atom stereocenters. The van der Waals surface area contributed by atoms with Gasteiger partial charge in [0.1, 0.15) is 0 Å². The summed E-state index contributed by atoms with van der Waals surface area (Å²) >= 11 is 0. The zero-order chi connectivity index (χ0) is 21.6. The number of hydrogen-bond acceptors (Lipinski definition) is 6. The molecule has 3 rings (SSSR count). The molecule has 2 amide bonds. The summed E-state index contributed by atoms with van der Waals surface area (Å²) in [7, 11) is -3.62. The van der Waals surface area contributed by atoms with E-state index >= 15 is 0 Å². The second-order valence-electron chi connectivity index (χ2n) is 6.76. The molecule has 0 aromatic heterocycles. The van der Waals surface area contributed by atoms with E-state index in [9.17, 15) is 18.0 Å². The molecule has 1 aliphatic heterocycles. The molecule has 1 aliphatic rings. The number of amides is 2. The molecule has 1 saturated heterocycles. The predicted octanol–water partition coefficient (Wildman–Crippen LogP) is 0.889. The highest BCUT2D eigenvalue weighted by Gasteiger charge is 2.26. The largest absolute Gasteiger partial charge is 0.379 e. The quantitative estimate of drug-likeness (QED) is 0.584. The minimum absolute atomic E-state index is 0.0138. The second-order valence-corrected chi connectivity index (χ2v) is 8.70. The van der Waals surface area contributed by atoms with Crippen molar-refractivity contribution in [1.82, 2.24) is 15.2 Å². The topological polar surface area (TPSA) is 117 Å². The molecule has 1 heterocycles. The summed E-state index contributed by atoms with van der Waals surface area (Å²) in [5.41, 5.74) is 6.76. The van der Waals surface area contributed by atoms with Crippen LogP contribution >= 0.6 is 0 Å². The van der Waals surface area contributed by atoms with Gasteiger partial charge in [0, 0.05) is 24.3 Å². The van der Waals surface area contributed by atoms with Crippen LogP contribution in [-0.4, -0.2) is 57.4 Å². The van der Waals surface area contributed by atoms with Crippen LogP contribution in [0.4, 0.5) is 5.69 Å².